The molecule has 2 aromatic rings. The van der Waals surface area contributed by atoms with Crippen LogP contribution in [0.3, 0.4) is 0 Å². The van der Waals surface area contributed by atoms with Gasteiger partial charge < -0.3 is 10.6 Å². The van der Waals surface area contributed by atoms with Crippen LogP contribution in [0.25, 0.3) is 0 Å². The van der Waals surface area contributed by atoms with Crippen LogP contribution >= 0.6 is 23.2 Å². The molecule has 0 aromatic heterocycles. The fraction of sp³-hybridized carbons (Fsp3) is 0.188. The average molecular weight is 341 g/mol. The molecule has 0 aliphatic carbocycles. The van der Waals surface area contributed by atoms with Gasteiger partial charge >= 0.3 is 0 Å². The van der Waals surface area contributed by atoms with E-state index < -0.39 is 0 Å². The summed E-state index contributed by atoms with van der Waals surface area (Å²) in [6.07, 6.45) is 0.719. The van der Waals surface area contributed by atoms with E-state index in [4.69, 9.17) is 23.2 Å². The van der Waals surface area contributed by atoms with Crippen LogP contribution in [-0.4, -0.2) is 19.0 Å². The number of hydrogen-bond donors (Lipinski definition) is 2. The maximum Gasteiger partial charge on any atom is 0.238 e. The van der Waals surface area contributed by atoms with Crippen LogP contribution in [-0.2, 0) is 11.2 Å². The summed E-state index contributed by atoms with van der Waals surface area (Å²) in [4.78, 5) is 11.8. The molecule has 116 valence electrons. The summed E-state index contributed by atoms with van der Waals surface area (Å²) >= 11 is 11.7. The van der Waals surface area contributed by atoms with Gasteiger partial charge in [0.05, 0.1) is 6.54 Å². The van der Waals surface area contributed by atoms with Crippen LogP contribution < -0.4 is 10.6 Å². The van der Waals surface area contributed by atoms with Gasteiger partial charge in [-0.3, -0.25) is 4.79 Å². The lowest BCUT2D eigenvalue weighted by Gasteiger charge is -2.08. The van der Waals surface area contributed by atoms with E-state index in [1.807, 2.05) is 0 Å². The van der Waals surface area contributed by atoms with E-state index in [2.05, 4.69) is 10.6 Å². The van der Waals surface area contributed by atoms with Crippen LogP contribution in [0, 0.1) is 5.82 Å². The number of hydrogen-bond acceptors (Lipinski definition) is 2. The summed E-state index contributed by atoms with van der Waals surface area (Å²) < 4.78 is 12.8. The molecule has 0 unspecified atom stereocenters. The van der Waals surface area contributed by atoms with Crippen LogP contribution in [0.4, 0.5) is 10.1 Å². The van der Waals surface area contributed by atoms with Crippen molar-refractivity contribution in [3.63, 3.8) is 0 Å². The first-order chi connectivity index (χ1) is 10.5. The van der Waals surface area contributed by atoms with Crippen molar-refractivity contribution in [2.75, 3.05) is 18.4 Å². The molecule has 0 atom stereocenters. The Balaban J connectivity index is 1.72. The van der Waals surface area contributed by atoms with Gasteiger partial charge in [0.2, 0.25) is 5.91 Å². The van der Waals surface area contributed by atoms with E-state index in [0.717, 1.165) is 12.0 Å². The molecule has 0 aliphatic rings. The summed E-state index contributed by atoms with van der Waals surface area (Å²) in [6.45, 7) is 0.792. The molecule has 0 heterocycles. The number of halogens is 3. The third-order valence-electron chi connectivity index (χ3n) is 2.94. The quantitative estimate of drug-likeness (QED) is 0.783. The third kappa shape index (κ3) is 5.64. The fourth-order valence-corrected chi connectivity index (χ4v) is 2.44. The van der Waals surface area contributed by atoms with Crippen molar-refractivity contribution in [2.24, 2.45) is 0 Å². The number of amides is 1. The van der Waals surface area contributed by atoms with Crippen LogP contribution in [0.1, 0.15) is 5.56 Å². The first-order valence-corrected chi connectivity index (χ1v) is 7.49. The van der Waals surface area contributed by atoms with E-state index >= 15 is 0 Å². The summed E-state index contributed by atoms with van der Waals surface area (Å²) in [6, 6.07) is 11.2. The summed E-state index contributed by atoms with van der Waals surface area (Å²) in [5, 5.41) is 6.67. The number of rotatable bonds is 6. The standard InChI is InChI=1S/C16H15Cl2FN2O/c17-12-7-13(18)9-15(8-12)21-16(22)10-20-6-5-11-1-3-14(19)4-2-11/h1-4,7-9,20H,5-6,10H2,(H,21,22). The van der Waals surface area contributed by atoms with Gasteiger partial charge in [0.1, 0.15) is 5.82 Å². The van der Waals surface area contributed by atoms with Gasteiger partial charge in [-0.05, 0) is 48.9 Å². The minimum atomic E-state index is -0.253. The van der Waals surface area contributed by atoms with Crippen molar-refractivity contribution in [1.82, 2.24) is 5.32 Å². The van der Waals surface area contributed by atoms with Crippen molar-refractivity contribution >= 4 is 34.8 Å². The molecule has 2 N–H and O–H groups in total. The number of anilines is 1. The fourth-order valence-electron chi connectivity index (χ4n) is 1.92. The summed E-state index contributed by atoms with van der Waals surface area (Å²) in [7, 11) is 0. The summed E-state index contributed by atoms with van der Waals surface area (Å²) in [5.41, 5.74) is 1.57. The lowest BCUT2D eigenvalue weighted by atomic mass is 10.1. The number of benzene rings is 2. The number of nitrogens with one attached hydrogen (secondary N) is 2. The second-order valence-electron chi connectivity index (χ2n) is 4.76. The minimum absolute atomic E-state index is 0.172. The minimum Gasteiger partial charge on any atom is -0.325 e. The maximum atomic E-state index is 12.8. The Labute approximate surface area is 138 Å². The Kier molecular flexibility index (Phi) is 6.19. The molecule has 2 aromatic carbocycles. The van der Waals surface area contributed by atoms with Crippen LogP contribution in [0.5, 0.6) is 0 Å². The predicted molar refractivity (Wildman–Crippen MR) is 88.1 cm³/mol. The molecule has 0 aliphatic heterocycles. The molecule has 6 heteroatoms. The van der Waals surface area contributed by atoms with Gasteiger partial charge in [-0.1, -0.05) is 35.3 Å². The molecule has 0 saturated carbocycles. The average Bonchev–Trinajstić information content (AvgIpc) is 2.44. The highest BCUT2D eigenvalue weighted by Gasteiger charge is 2.04. The van der Waals surface area contributed by atoms with Gasteiger partial charge in [0, 0.05) is 15.7 Å². The van der Waals surface area contributed by atoms with Crippen LogP contribution in [0.15, 0.2) is 42.5 Å². The van der Waals surface area contributed by atoms with Crippen molar-refractivity contribution in [3.8, 4) is 0 Å². The Hall–Kier alpha value is -1.62. The zero-order valence-electron chi connectivity index (χ0n) is 11.7. The third-order valence-corrected chi connectivity index (χ3v) is 3.37. The van der Waals surface area contributed by atoms with E-state index in [-0.39, 0.29) is 18.3 Å². The van der Waals surface area contributed by atoms with Crippen molar-refractivity contribution in [3.05, 3.63) is 63.9 Å². The first kappa shape index (κ1) is 16.7. The first-order valence-electron chi connectivity index (χ1n) is 6.74. The molecule has 0 bridgehead atoms. The highest BCUT2D eigenvalue weighted by molar-refractivity contribution is 6.35. The van der Waals surface area contributed by atoms with E-state index in [9.17, 15) is 9.18 Å². The van der Waals surface area contributed by atoms with Gasteiger partial charge in [-0.2, -0.15) is 0 Å². The molecule has 1 amide bonds. The number of carbonyl (C=O) groups excluding carboxylic acids is 1. The molecule has 22 heavy (non-hydrogen) atoms. The highest BCUT2D eigenvalue weighted by atomic mass is 35.5. The van der Waals surface area contributed by atoms with Gasteiger partial charge in [-0.25, -0.2) is 4.39 Å². The Bertz CT molecular complexity index is 627. The molecule has 0 fully saturated rings. The zero-order valence-corrected chi connectivity index (χ0v) is 13.2. The second kappa shape index (κ2) is 8.13. The maximum absolute atomic E-state index is 12.8. The molecular formula is C16H15Cl2FN2O. The SMILES string of the molecule is O=C(CNCCc1ccc(F)cc1)Nc1cc(Cl)cc(Cl)c1. The van der Waals surface area contributed by atoms with E-state index in [1.165, 1.54) is 12.1 Å². The van der Waals surface area contributed by atoms with E-state index in [1.54, 1.807) is 30.3 Å². The van der Waals surface area contributed by atoms with Crippen molar-refractivity contribution < 1.29 is 9.18 Å². The Morgan fingerprint density at radius 2 is 1.68 bits per heavy atom. The van der Waals surface area contributed by atoms with Gasteiger partial charge in [0.25, 0.3) is 0 Å². The van der Waals surface area contributed by atoms with Gasteiger partial charge in [0.15, 0.2) is 0 Å². The zero-order chi connectivity index (χ0) is 15.9. The Morgan fingerprint density at radius 1 is 1.05 bits per heavy atom. The normalized spacial score (nSPS) is 10.5. The molecular weight excluding hydrogens is 326 g/mol. The molecule has 0 radical (unpaired) electrons. The largest absolute Gasteiger partial charge is 0.325 e. The molecule has 0 spiro atoms. The number of carbonyl (C=O) groups is 1. The van der Waals surface area contributed by atoms with Crippen LogP contribution in [0.2, 0.25) is 10.0 Å². The lowest BCUT2D eigenvalue weighted by Crippen LogP contribution is -2.29. The van der Waals surface area contributed by atoms with E-state index in [0.29, 0.717) is 22.3 Å². The Morgan fingerprint density at radius 3 is 2.32 bits per heavy atom. The van der Waals surface area contributed by atoms with Crippen molar-refractivity contribution in [1.29, 1.82) is 0 Å². The molecule has 0 saturated heterocycles. The lowest BCUT2D eigenvalue weighted by molar-refractivity contribution is -0.115. The topological polar surface area (TPSA) is 41.1 Å². The monoisotopic (exact) mass is 340 g/mol. The molecule has 3 nitrogen and oxygen atoms in total. The predicted octanol–water partition coefficient (Wildman–Crippen LogP) is 3.90. The smallest absolute Gasteiger partial charge is 0.238 e. The van der Waals surface area contributed by atoms with Crippen molar-refractivity contribution in [2.45, 2.75) is 6.42 Å². The summed E-state index contributed by atoms with van der Waals surface area (Å²) in [5.74, 6) is -0.436. The molecule has 2 rings (SSSR count). The second-order valence-corrected chi connectivity index (χ2v) is 5.63. The van der Waals surface area contributed by atoms with Gasteiger partial charge in [-0.15, -0.1) is 0 Å². The highest BCUT2D eigenvalue weighted by Crippen LogP contribution is 2.22.